The number of rotatable bonds is 9. The molecule has 2 N–H and O–H groups in total. The van der Waals surface area contributed by atoms with Crippen molar-refractivity contribution in [3.8, 4) is 11.1 Å². The fraction of sp³-hybridized carbons (Fsp3) is 0.444. The van der Waals surface area contributed by atoms with Crippen LogP contribution in [-0.4, -0.2) is 54.2 Å². The molecule has 2 aromatic carbocycles. The molecular formula is C27H32N2O5. The van der Waals surface area contributed by atoms with Crippen molar-refractivity contribution in [2.75, 3.05) is 26.2 Å². The molecule has 0 bridgehead atoms. The number of carbonyl (C=O) groups excluding carboxylic acids is 2. The van der Waals surface area contributed by atoms with Crippen LogP contribution in [0.3, 0.4) is 0 Å². The lowest BCUT2D eigenvalue weighted by atomic mass is 9.84. The molecule has 0 spiro atoms. The van der Waals surface area contributed by atoms with E-state index in [1.807, 2.05) is 24.3 Å². The average Bonchev–Trinajstić information content (AvgIpc) is 3.09. The van der Waals surface area contributed by atoms with Gasteiger partial charge in [-0.25, -0.2) is 4.79 Å². The van der Waals surface area contributed by atoms with Crippen molar-refractivity contribution in [3.05, 3.63) is 59.7 Å². The van der Waals surface area contributed by atoms with Gasteiger partial charge in [-0.05, 0) is 40.5 Å². The Morgan fingerprint density at radius 2 is 1.59 bits per heavy atom. The largest absolute Gasteiger partial charge is 0.481 e. The first-order valence-corrected chi connectivity index (χ1v) is 11.8. The SMILES string of the molecule is CC(C)(CCNC(=O)OCC1c2ccccc2-c2ccccc21)CCC(=O)N1CC(C(=O)O)C1. The van der Waals surface area contributed by atoms with E-state index in [1.165, 1.54) is 22.3 Å². The number of hydrogen-bond acceptors (Lipinski definition) is 4. The van der Waals surface area contributed by atoms with Crippen LogP contribution in [0.1, 0.15) is 50.2 Å². The first-order chi connectivity index (χ1) is 16.2. The normalized spacial score (nSPS) is 15.3. The van der Waals surface area contributed by atoms with Gasteiger partial charge in [0, 0.05) is 32.0 Å². The summed E-state index contributed by atoms with van der Waals surface area (Å²) in [6.07, 6.45) is 1.33. The van der Waals surface area contributed by atoms with Crippen molar-refractivity contribution in [1.29, 1.82) is 0 Å². The summed E-state index contributed by atoms with van der Waals surface area (Å²) in [6, 6.07) is 16.5. The van der Waals surface area contributed by atoms with Crippen LogP contribution in [0.4, 0.5) is 4.79 Å². The van der Waals surface area contributed by atoms with E-state index in [0.29, 0.717) is 38.9 Å². The van der Waals surface area contributed by atoms with Crippen LogP contribution in [0.25, 0.3) is 11.1 Å². The molecule has 2 amide bonds. The summed E-state index contributed by atoms with van der Waals surface area (Å²) in [6.45, 7) is 5.48. The van der Waals surface area contributed by atoms with E-state index < -0.39 is 18.0 Å². The van der Waals surface area contributed by atoms with E-state index in [9.17, 15) is 14.4 Å². The second-order valence-electron chi connectivity index (χ2n) is 10.0. The number of carbonyl (C=O) groups is 3. The van der Waals surface area contributed by atoms with Gasteiger partial charge in [0.05, 0.1) is 5.92 Å². The van der Waals surface area contributed by atoms with Gasteiger partial charge >= 0.3 is 12.1 Å². The number of carboxylic acids is 1. The average molecular weight is 465 g/mol. The maximum Gasteiger partial charge on any atom is 0.407 e. The maximum atomic E-state index is 12.4. The molecule has 180 valence electrons. The number of benzene rings is 2. The number of nitrogens with zero attached hydrogens (tertiary/aromatic N) is 1. The molecule has 0 saturated carbocycles. The van der Waals surface area contributed by atoms with Gasteiger partial charge in [0.2, 0.25) is 5.91 Å². The molecule has 2 aliphatic rings. The minimum absolute atomic E-state index is 0.00456. The van der Waals surface area contributed by atoms with Gasteiger partial charge in [-0.3, -0.25) is 9.59 Å². The van der Waals surface area contributed by atoms with Crippen LogP contribution in [0.5, 0.6) is 0 Å². The van der Waals surface area contributed by atoms with Gasteiger partial charge in [0.15, 0.2) is 0 Å². The molecule has 0 unspecified atom stereocenters. The van der Waals surface area contributed by atoms with Crippen LogP contribution in [0.15, 0.2) is 48.5 Å². The topological polar surface area (TPSA) is 95.9 Å². The van der Waals surface area contributed by atoms with Crippen LogP contribution in [-0.2, 0) is 14.3 Å². The number of fused-ring (bicyclic) bond motifs is 3. The number of likely N-dealkylation sites (tertiary alicyclic amines) is 1. The molecule has 0 aromatic heterocycles. The van der Waals surface area contributed by atoms with E-state index in [1.54, 1.807) is 4.90 Å². The smallest absolute Gasteiger partial charge is 0.407 e. The second kappa shape index (κ2) is 9.87. The highest BCUT2D eigenvalue weighted by Gasteiger charge is 2.35. The number of amides is 2. The number of hydrogen-bond donors (Lipinski definition) is 2. The summed E-state index contributed by atoms with van der Waals surface area (Å²) < 4.78 is 5.58. The molecule has 1 saturated heterocycles. The molecule has 7 nitrogen and oxygen atoms in total. The molecule has 4 rings (SSSR count). The Bertz CT molecular complexity index is 1030. The molecule has 1 heterocycles. The molecule has 1 aliphatic heterocycles. The summed E-state index contributed by atoms with van der Waals surface area (Å²) in [5, 5.41) is 11.8. The molecule has 34 heavy (non-hydrogen) atoms. The summed E-state index contributed by atoms with van der Waals surface area (Å²) in [5.74, 6) is -1.25. The van der Waals surface area contributed by atoms with Crippen molar-refractivity contribution < 1.29 is 24.2 Å². The number of nitrogens with one attached hydrogen (secondary N) is 1. The highest BCUT2D eigenvalue weighted by molar-refractivity contribution is 5.81. The molecule has 2 aromatic rings. The molecule has 1 fully saturated rings. The third-order valence-corrected chi connectivity index (χ3v) is 7.01. The Balaban J connectivity index is 1.19. The molecule has 0 radical (unpaired) electrons. The molecule has 1 aliphatic carbocycles. The Morgan fingerprint density at radius 1 is 1.00 bits per heavy atom. The van der Waals surface area contributed by atoms with Gasteiger partial charge in [-0.15, -0.1) is 0 Å². The van der Waals surface area contributed by atoms with Gasteiger partial charge in [-0.1, -0.05) is 62.4 Å². The monoisotopic (exact) mass is 464 g/mol. The summed E-state index contributed by atoms with van der Waals surface area (Å²) in [7, 11) is 0. The zero-order valence-electron chi connectivity index (χ0n) is 19.8. The van der Waals surface area contributed by atoms with E-state index in [2.05, 4.69) is 43.4 Å². The Morgan fingerprint density at radius 3 is 2.18 bits per heavy atom. The Kier molecular flexibility index (Phi) is 6.91. The third-order valence-electron chi connectivity index (χ3n) is 7.01. The maximum absolute atomic E-state index is 12.4. The Labute approximate surface area is 200 Å². The zero-order valence-corrected chi connectivity index (χ0v) is 19.8. The number of ether oxygens (including phenoxy) is 1. The minimum Gasteiger partial charge on any atom is -0.481 e. The molecule has 7 heteroatoms. The van der Waals surface area contributed by atoms with Crippen LogP contribution in [0.2, 0.25) is 0 Å². The lowest BCUT2D eigenvalue weighted by molar-refractivity contribution is -0.153. The van der Waals surface area contributed by atoms with Crippen LogP contribution in [0, 0.1) is 11.3 Å². The summed E-state index contributed by atoms with van der Waals surface area (Å²) in [4.78, 5) is 37.1. The number of carboxylic acid groups (broad SMARTS) is 1. The van der Waals surface area contributed by atoms with Crippen molar-refractivity contribution >= 4 is 18.0 Å². The zero-order chi connectivity index (χ0) is 24.3. The highest BCUT2D eigenvalue weighted by atomic mass is 16.5. The second-order valence-corrected chi connectivity index (χ2v) is 10.0. The fourth-order valence-electron chi connectivity index (χ4n) is 4.72. The number of alkyl carbamates (subject to hydrolysis) is 1. The lowest BCUT2D eigenvalue weighted by Gasteiger charge is -2.37. The van der Waals surface area contributed by atoms with Gasteiger partial charge in [0.1, 0.15) is 6.61 Å². The predicted octanol–water partition coefficient (Wildman–Crippen LogP) is 4.26. The third kappa shape index (κ3) is 5.24. The standard InChI is InChI=1S/C27H32N2O5/c1-27(2,12-11-24(30)29-15-18(16-29)25(31)32)13-14-28-26(33)34-17-23-21-9-5-3-7-19(21)20-8-4-6-10-22(20)23/h3-10,18,23H,11-17H2,1-2H3,(H,28,33)(H,31,32). The fourth-order valence-corrected chi connectivity index (χ4v) is 4.72. The van der Waals surface area contributed by atoms with E-state index in [-0.39, 0.29) is 23.8 Å². The van der Waals surface area contributed by atoms with E-state index >= 15 is 0 Å². The van der Waals surface area contributed by atoms with Gasteiger partial charge < -0.3 is 20.1 Å². The molecular weight excluding hydrogens is 432 g/mol. The number of aliphatic carboxylic acids is 1. The van der Waals surface area contributed by atoms with Crippen LogP contribution >= 0.6 is 0 Å². The van der Waals surface area contributed by atoms with E-state index in [0.717, 1.165) is 0 Å². The summed E-state index contributed by atoms with van der Waals surface area (Å²) in [5.41, 5.74) is 4.61. The first-order valence-electron chi connectivity index (χ1n) is 11.8. The first kappa shape index (κ1) is 23.8. The van der Waals surface area contributed by atoms with Gasteiger partial charge in [-0.2, -0.15) is 0 Å². The van der Waals surface area contributed by atoms with E-state index in [4.69, 9.17) is 9.84 Å². The predicted molar refractivity (Wildman–Crippen MR) is 128 cm³/mol. The quantitative estimate of drug-likeness (QED) is 0.578. The molecule has 0 atom stereocenters. The van der Waals surface area contributed by atoms with Crippen LogP contribution < -0.4 is 5.32 Å². The van der Waals surface area contributed by atoms with Gasteiger partial charge in [0.25, 0.3) is 0 Å². The van der Waals surface area contributed by atoms with Crippen molar-refractivity contribution in [2.45, 2.75) is 39.0 Å². The highest BCUT2D eigenvalue weighted by Crippen LogP contribution is 2.44. The summed E-state index contributed by atoms with van der Waals surface area (Å²) >= 11 is 0. The van der Waals surface area contributed by atoms with Crippen molar-refractivity contribution in [1.82, 2.24) is 10.2 Å². The van der Waals surface area contributed by atoms with Crippen molar-refractivity contribution in [2.24, 2.45) is 11.3 Å². The lowest BCUT2D eigenvalue weighted by Crippen LogP contribution is -2.53. The van der Waals surface area contributed by atoms with Crippen molar-refractivity contribution in [3.63, 3.8) is 0 Å². The Hall–Kier alpha value is -3.35. The minimum atomic E-state index is -0.844.